The molecule has 13 nitrogen and oxygen atoms in total. The summed E-state index contributed by atoms with van der Waals surface area (Å²) < 4.78 is 40.0. The molecule has 5 rings (SSSR count). The monoisotopic (exact) mass is 624 g/mol. The van der Waals surface area contributed by atoms with Crippen molar-refractivity contribution >= 4 is 49.8 Å². The van der Waals surface area contributed by atoms with Gasteiger partial charge in [0.05, 0.1) is 28.4 Å². The van der Waals surface area contributed by atoms with Crippen LogP contribution in [0.4, 0.5) is 4.79 Å². The standard InChI is InChI=1S/C27H36N4O9S2/c1-6-17(40-26(36)39-15-10-8-7-9-11-15)27(3)19(20(25(34)35)31-21(27)18(14(2)32)23(31)33)16-12-30-13-28-22(24(30)41-16)42(37,38)29(4)5/h12-15,17-18,21,32H,6-11H2,1-5H3,(H,34,35)/t14-,17?,18-,21-,27+/m1/s1. The van der Waals surface area contributed by atoms with Crippen LogP contribution in [0.25, 0.3) is 10.4 Å². The molecule has 2 fully saturated rings. The van der Waals surface area contributed by atoms with Crippen molar-refractivity contribution in [3.63, 3.8) is 0 Å². The molecule has 1 saturated carbocycles. The maximum Gasteiger partial charge on any atom is 0.508 e. The summed E-state index contributed by atoms with van der Waals surface area (Å²) in [7, 11) is -1.15. The van der Waals surface area contributed by atoms with Gasteiger partial charge in [-0.15, -0.1) is 11.3 Å². The van der Waals surface area contributed by atoms with Crippen LogP contribution >= 0.6 is 11.3 Å². The van der Waals surface area contributed by atoms with Crippen LogP contribution < -0.4 is 0 Å². The van der Waals surface area contributed by atoms with E-state index >= 15 is 0 Å². The van der Waals surface area contributed by atoms with E-state index in [9.17, 15) is 33.0 Å². The van der Waals surface area contributed by atoms with E-state index in [2.05, 4.69) is 4.98 Å². The minimum Gasteiger partial charge on any atom is -0.477 e. The maximum absolute atomic E-state index is 13.3. The number of imidazole rings is 1. The normalized spacial score (nSPS) is 26.4. The molecule has 2 aliphatic heterocycles. The molecule has 0 spiro atoms. The Labute approximate surface area is 247 Å². The van der Waals surface area contributed by atoms with E-state index in [1.807, 2.05) is 0 Å². The van der Waals surface area contributed by atoms with Gasteiger partial charge in [0, 0.05) is 25.9 Å². The number of aliphatic hydroxyl groups excluding tert-OH is 1. The van der Waals surface area contributed by atoms with E-state index in [1.54, 1.807) is 20.0 Å². The van der Waals surface area contributed by atoms with E-state index in [-0.39, 0.29) is 33.7 Å². The van der Waals surface area contributed by atoms with Gasteiger partial charge < -0.3 is 24.6 Å². The molecule has 230 valence electrons. The number of ether oxygens (including phenoxy) is 2. The highest BCUT2D eigenvalue weighted by atomic mass is 32.2. The first-order valence-corrected chi connectivity index (χ1v) is 16.3. The summed E-state index contributed by atoms with van der Waals surface area (Å²) in [6.45, 7) is 4.98. The number of thiazole rings is 1. The summed E-state index contributed by atoms with van der Waals surface area (Å²) in [4.78, 5) is 45.0. The molecule has 0 radical (unpaired) electrons. The molecule has 1 saturated heterocycles. The van der Waals surface area contributed by atoms with Gasteiger partial charge >= 0.3 is 12.1 Å². The highest BCUT2D eigenvalue weighted by molar-refractivity contribution is 7.89. The van der Waals surface area contributed by atoms with Crippen LogP contribution in [0.3, 0.4) is 0 Å². The number of aliphatic hydroxyl groups is 1. The minimum atomic E-state index is -3.92. The van der Waals surface area contributed by atoms with Crippen molar-refractivity contribution in [1.82, 2.24) is 18.6 Å². The fourth-order valence-electron chi connectivity index (χ4n) is 6.67. The summed E-state index contributed by atoms with van der Waals surface area (Å²) in [5, 5.41) is 20.8. The average Bonchev–Trinajstić information content (AvgIpc) is 3.56. The first kappa shape index (κ1) is 30.4. The lowest BCUT2D eigenvalue weighted by molar-refractivity contribution is -0.171. The third-order valence-corrected chi connectivity index (χ3v) is 11.7. The molecule has 2 aromatic rings. The zero-order valence-electron chi connectivity index (χ0n) is 24.1. The number of hydrogen-bond acceptors (Lipinski definition) is 10. The van der Waals surface area contributed by atoms with Crippen molar-refractivity contribution in [1.29, 1.82) is 0 Å². The molecule has 4 heterocycles. The van der Waals surface area contributed by atoms with Crippen LogP contribution in [0.1, 0.15) is 64.2 Å². The Balaban J connectivity index is 1.64. The first-order chi connectivity index (χ1) is 19.7. The van der Waals surface area contributed by atoms with Crippen LogP contribution in [0.15, 0.2) is 23.2 Å². The van der Waals surface area contributed by atoms with Gasteiger partial charge in [0.2, 0.25) is 10.9 Å². The number of carbonyl (C=O) groups is 3. The van der Waals surface area contributed by atoms with E-state index in [0.29, 0.717) is 4.88 Å². The Morgan fingerprint density at radius 1 is 1.26 bits per heavy atom. The maximum atomic E-state index is 13.3. The Bertz CT molecular complexity index is 1550. The first-order valence-electron chi connectivity index (χ1n) is 14.0. The fourth-order valence-corrected chi connectivity index (χ4v) is 9.11. The van der Waals surface area contributed by atoms with Crippen molar-refractivity contribution in [2.75, 3.05) is 14.1 Å². The van der Waals surface area contributed by atoms with Crippen LogP contribution in [-0.2, 0) is 29.1 Å². The van der Waals surface area contributed by atoms with Gasteiger partial charge in [-0.2, -0.15) is 0 Å². The topological polar surface area (TPSA) is 168 Å². The smallest absolute Gasteiger partial charge is 0.477 e. The van der Waals surface area contributed by atoms with Crippen molar-refractivity contribution < 1.29 is 42.5 Å². The Hall–Kier alpha value is -3.01. The van der Waals surface area contributed by atoms with E-state index in [4.69, 9.17) is 9.47 Å². The number of carboxylic acids is 1. The van der Waals surface area contributed by atoms with Crippen LogP contribution in [-0.4, -0.2) is 93.7 Å². The molecule has 2 N–H and O–H groups in total. The number of carboxylic acid groups (broad SMARTS) is 1. The summed E-state index contributed by atoms with van der Waals surface area (Å²) >= 11 is 1.01. The number of aromatic nitrogens is 2. The number of nitrogens with zero attached hydrogens (tertiary/aromatic N) is 4. The Morgan fingerprint density at radius 2 is 1.93 bits per heavy atom. The number of β-lactam (4-membered cyclic amide) rings is 1. The lowest BCUT2D eigenvalue weighted by Gasteiger charge is -2.52. The Kier molecular flexibility index (Phi) is 7.92. The molecule has 3 aliphatic rings. The molecule has 42 heavy (non-hydrogen) atoms. The fraction of sp³-hybridized carbons (Fsp3) is 0.630. The van der Waals surface area contributed by atoms with Gasteiger partial charge in [0.1, 0.15) is 29.1 Å². The number of amides is 1. The average molecular weight is 625 g/mol. The molecular weight excluding hydrogens is 588 g/mol. The summed E-state index contributed by atoms with van der Waals surface area (Å²) in [5.74, 6) is -2.85. The number of rotatable bonds is 9. The van der Waals surface area contributed by atoms with Gasteiger partial charge in [0.15, 0.2) is 0 Å². The summed E-state index contributed by atoms with van der Waals surface area (Å²) in [6.07, 6.45) is 4.42. The second-order valence-electron chi connectivity index (χ2n) is 11.5. The predicted molar refractivity (Wildman–Crippen MR) is 151 cm³/mol. The zero-order chi connectivity index (χ0) is 30.7. The Morgan fingerprint density at radius 3 is 2.50 bits per heavy atom. The van der Waals surface area contributed by atoms with Gasteiger partial charge in [-0.3, -0.25) is 9.20 Å². The van der Waals surface area contributed by atoms with Gasteiger partial charge in [0.25, 0.3) is 10.0 Å². The van der Waals surface area contributed by atoms with Crippen LogP contribution in [0, 0.1) is 11.3 Å². The molecule has 1 amide bonds. The molecule has 2 aromatic heterocycles. The second kappa shape index (κ2) is 10.9. The molecule has 0 bridgehead atoms. The third-order valence-electron chi connectivity index (χ3n) is 8.74. The number of carbonyl (C=O) groups excluding carboxylic acids is 2. The van der Waals surface area contributed by atoms with E-state index in [0.717, 1.165) is 47.7 Å². The number of aliphatic carboxylic acids is 1. The molecule has 15 heteroatoms. The van der Waals surface area contributed by atoms with Crippen molar-refractivity contribution in [2.45, 2.75) is 88.7 Å². The lowest BCUT2D eigenvalue weighted by atomic mass is 9.64. The number of fused-ring (bicyclic) bond motifs is 2. The second-order valence-corrected chi connectivity index (χ2v) is 14.6. The largest absolute Gasteiger partial charge is 0.508 e. The SMILES string of the molecule is CCC(OC(=O)OC1CCCCC1)[C@@]1(C)C(c2cn3cnc(S(=O)(=O)N(C)C)c3s2)=C(C(=O)O)N2C(=O)[C@H]([C@@H](C)O)[C@@H]21. The predicted octanol–water partition coefficient (Wildman–Crippen LogP) is 2.93. The quantitative estimate of drug-likeness (QED) is 0.313. The lowest BCUT2D eigenvalue weighted by Crippen LogP contribution is -2.68. The van der Waals surface area contributed by atoms with Gasteiger partial charge in [-0.1, -0.05) is 13.3 Å². The van der Waals surface area contributed by atoms with Crippen molar-refractivity contribution in [3.8, 4) is 0 Å². The highest BCUT2D eigenvalue weighted by Crippen LogP contribution is 2.61. The molecular formula is C27H36N4O9S2. The van der Waals surface area contributed by atoms with Crippen molar-refractivity contribution in [2.24, 2.45) is 11.3 Å². The third kappa shape index (κ3) is 4.61. The van der Waals surface area contributed by atoms with E-state index < -0.39 is 57.6 Å². The minimum absolute atomic E-state index is 0.193. The summed E-state index contributed by atoms with van der Waals surface area (Å²) in [6, 6.07) is -0.830. The van der Waals surface area contributed by atoms with Crippen molar-refractivity contribution in [3.05, 3.63) is 23.1 Å². The molecule has 1 aliphatic carbocycles. The van der Waals surface area contributed by atoms with Gasteiger partial charge in [-0.25, -0.2) is 27.3 Å². The highest BCUT2D eigenvalue weighted by Gasteiger charge is 2.69. The molecule has 1 unspecified atom stereocenters. The van der Waals surface area contributed by atoms with Gasteiger partial charge in [-0.05, 0) is 46.0 Å². The molecule has 5 atom stereocenters. The zero-order valence-corrected chi connectivity index (χ0v) is 25.8. The number of hydrogen-bond donors (Lipinski definition) is 2. The molecule has 0 aromatic carbocycles. The van der Waals surface area contributed by atoms with Crippen LogP contribution in [0.5, 0.6) is 0 Å². The number of sulfonamides is 1. The van der Waals surface area contributed by atoms with Crippen LogP contribution in [0.2, 0.25) is 0 Å². The summed E-state index contributed by atoms with van der Waals surface area (Å²) in [5.41, 5.74) is -1.36. The van der Waals surface area contributed by atoms with E-state index in [1.165, 1.54) is 36.6 Å².